The Bertz CT molecular complexity index is 863. The number of halogens is 1. The molecule has 3 rings (SSSR count). The molecular formula is C17H17FN4O2. The number of aromatic nitrogens is 3. The molecule has 1 N–H and O–H groups in total. The van der Waals surface area contributed by atoms with Crippen LogP contribution < -0.4 is 10.1 Å². The maximum Gasteiger partial charge on any atom is 0.251 e. The quantitative estimate of drug-likeness (QED) is 0.706. The van der Waals surface area contributed by atoms with E-state index in [0.717, 1.165) is 12.1 Å². The summed E-state index contributed by atoms with van der Waals surface area (Å²) in [7, 11) is 0. The highest BCUT2D eigenvalue weighted by Crippen LogP contribution is 2.15. The molecule has 0 unspecified atom stereocenters. The minimum absolute atomic E-state index is 0.171. The molecule has 0 aliphatic carbocycles. The topological polar surface area (TPSA) is 69.0 Å². The fourth-order valence-corrected chi connectivity index (χ4v) is 2.34. The Labute approximate surface area is 138 Å². The van der Waals surface area contributed by atoms with Crippen LogP contribution >= 0.6 is 0 Å². The van der Waals surface area contributed by atoms with Crippen LogP contribution in [0.3, 0.4) is 0 Å². The number of nitrogens with one attached hydrogen (secondary N) is 1. The second-order valence-corrected chi connectivity index (χ2v) is 5.14. The van der Waals surface area contributed by atoms with E-state index in [2.05, 4.69) is 15.6 Å². The summed E-state index contributed by atoms with van der Waals surface area (Å²) in [6.07, 6.45) is 0. The molecule has 1 aromatic heterocycles. The van der Waals surface area contributed by atoms with Crippen molar-refractivity contribution in [3.63, 3.8) is 0 Å². The lowest BCUT2D eigenvalue weighted by Crippen LogP contribution is -2.28. The number of nitrogens with zero attached hydrogens (tertiary/aromatic N) is 3. The number of hydrogen-bond donors (Lipinski definition) is 1. The second-order valence-electron chi connectivity index (χ2n) is 5.14. The highest BCUT2D eigenvalue weighted by atomic mass is 19.1. The summed E-state index contributed by atoms with van der Waals surface area (Å²) in [5, 5.41) is 10.8. The lowest BCUT2D eigenvalue weighted by molar-refractivity contribution is 0.0947. The molecular weight excluding hydrogens is 311 g/mol. The Balaban J connectivity index is 1.56. The average molecular weight is 328 g/mol. The van der Waals surface area contributed by atoms with Crippen LogP contribution in [-0.2, 0) is 6.54 Å². The number of rotatable bonds is 6. The maximum atomic E-state index is 13.4. The number of carbonyl (C=O) groups excluding carboxylic acids is 1. The number of hydrogen-bond acceptors (Lipinski definition) is 4. The Morgan fingerprint density at radius 1 is 1.29 bits per heavy atom. The van der Waals surface area contributed by atoms with Crippen LogP contribution in [-0.4, -0.2) is 34.1 Å². The van der Waals surface area contributed by atoms with Crippen LogP contribution in [0.4, 0.5) is 4.39 Å². The first-order valence-electron chi connectivity index (χ1n) is 7.68. The Morgan fingerprint density at radius 3 is 2.92 bits per heavy atom. The monoisotopic (exact) mass is 328 g/mol. The van der Waals surface area contributed by atoms with Crippen LogP contribution in [0, 0.1) is 5.82 Å². The minimum Gasteiger partial charge on any atom is -0.489 e. The smallest absolute Gasteiger partial charge is 0.251 e. The highest BCUT2D eigenvalue weighted by Gasteiger charge is 2.09. The molecule has 7 heteroatoms. The molecule has 2 aromatic carbocycles. The summed E-state index contributed by atoms with van der Waals surface area (Å²) in [6.45, 7) is 3.15. The van der Waals surface area contributed by atoms with Gasteiger partial charge in [0.25, 0.3) is 5.91 Å². The van der Waals surface area contributed by atoms with Crippen LogP contribution in [0.1, 0.15) is 17.3 Å². The Hall–Kier alpha value is -2.96. The Kier molecular flexibility index (Phi) is 4.69. The Morgan fingerprint density at radius 2 is 2.12 bits per heavy atom. The van der Waals surface area contributed by atoms with Crippen LogP contribution in [0.15, 0.2) is 42.5 Å². The molecule has 0 aliphatic rings. The van der Waals surface area contributed by atoms with Crippen molar-refractivity contribution in [3.8, 4) is 5.75 Å². The van der Waals surface area contributed by atoms with E-state index < -0.39 is 5.82 Å². The standard InChI is InChI=1S/C17H17FN4O2/c1-2-22-15-8-7-12(11-14(15)20-21-22)17(23)19-9-10-24-16-6-4-3-5-13(16)18/h3-8,11H,2,9-10H2,1H3,(H,19,23). The molecule has 0 bridgehead atoms. The van der Waals surface area contributed by atoms with Gasteiger partial charge in [0.05, 0.1) is 12.1 Å². The van der Waals surface area contributed by atoms with Gasteiger partial charge >= 0.3 is 0 Å². The molecule has 0 spiro atoms. The van der Waals surface area contributed by atoms with E-state index in [0.29, 0.717) is 11.1 Å². The van der Waals surface area contributed by atoms with Crippen molar-refractivity contribution in [2.24, 2.45) is 0 Å². The molecule has 0 radical (unpaired) electrons. The third-order valence-electron chi connectivity index (χ3n) is 3.56. The van der Waals surface area contributed by atoms with Crippen LogP contribution in [0.25, 0.3) is 11.0 Å². The summed E-state index contributed by atoms with van der Waals surface area (Å²) >= 11 is 0. The predicted molar refractivity (Wildman–Crippen MR) is 87.4 cm³/mol. The molecule has 0 aliphatic heterocycles. The molecule has 24 heavy (non-hydrogen) atoms. The van der Waals surface area contributed by atoms with Crippen LogP contribution in [0.5, 0.6) is 5.75 Å². The van der Waals surface area contributed by atoms with E-state index in [1.165, 1.54) is 6.07 Å². The van der Waals surface area contributed by atoms with Gasteiger partial charge in [-0.15, -0.1) is 5.10 Å². The van der Waals surface area contributed by atoms with Crippen LogP contribution in [0.2, 0.25) is 0 Å². The highest BCUT2D eigenvalue weighted by molar-refractivity contribution is 5.97. The van der Waals surface area contributed by atoms with Gasteiger partial charge in [-0.05, 0) is 37.3 Å². The molecule has 0 saturated heterocycles. The van der Waals surface area contributed by atoms with Gasteiger partial charge in [0, 0.05) is 12.1 Å². The number of carbonyl (C=O) groups is 1. The van der Waals surface area contributed by atoms with Crippen molar-refractivity contribution in [1.82, 2.24) is 20.3 Å². The fraction of sp³-hybridized carbons (Fsp3) is 0.235. The first kappa shape index (κ1) is 15.9. The van der Waals surface area contributed by atoms with Gasteiger partial charge in [0.1, 0.15) is 12.1 Å². The number of para-hydroxylation sites is 1. The van der Waals surface area contributed by atoms with Gasteiger partial charge in [-0.3, -0.25) is 4.79 Å². The zero-order valence-electron chi connectivity index (χ0n) is 13.2. The van der Waals surface area contributed by atoms with E-state index in [-0.39, 0.29) is 24.8 Å². The summed E-state index contributed by atoms with van der Waals surface area (Å²) in [5.74, 6) is -0.488. The summed E-state index contributed by atoms with van der Waals surface area (Å²) in [5.41, 5.74) is 2.06. The van der Waals surface area contributed by atoms with Crippen molar-refractivity contribution in [1.29, 1.82) is 0 Å². The van der Waals surface area contributed by atoms with Gasteiger partial charge in [0.2, 0.25) is 0 Å². The molecule has 1 amide bonds. The number of aryl methyl sites for hydroxylation is 1. The molecule has 6 nitrogen and oxygen atoms in total. The molecule has 3 aromatic rings. The van der Waals surface area contributed by atoms with E-state index in [4.69, 9.17) is 4.74 Å². The number of benzene rings is 2. The maximum absolute atomic E-state index is 13.4. The molecule has 0 saturated carbocycles. The largest absolute Gasteiger partial charge is 0.489 e. The third kappa shape index (κ3) is 3.34. The first-order chi connectivity index (χ1) is 11.7. The van der Waals surface area contributed by atoms with Crippen molar-refractivity contribution >= 4 is 16.9 Å². The zero-order valence-corrected chi connectivity index (χ0v) is 13.2. The van der Waals surface area contributed by atoms with Crippen molar-refractivity contribution in [2.45, 2.75) is 13.5 Å². The first-order valence-corrected chi connectivity index (χ1v) is 7.68. The van der Waals surface area contributed by atoms with E-state index in [1.54, 1.807) is 35.0 Å². The lowest BCUT2D eigenvalue weighted by Gasteiger charge is -2.08. The van der Waals surface area contributed by atoms with Gasteiger partial charge < -0.3 is 10.1 Å². The third-order valence-corrected chi connectivity index (χ3v) is 3.56. The van der Waals surface area contributed by atoms with Gasteiger partial charge in [-0.25, -0.2) is 9.07 Å². The van der Waals surface area contributed by atoms with E-state index in [9.17, 15) is 9.18 Å². The fourth-order valence-electron chi connectivity index (χ4n) is 2.34. The van der Waals surface area contributed by atoms with Crippen molar-refractivity contribution in [3.05, 3.63) is 53.8 Å². The molecule has 0 fully saturated rings. The number of fused-ring (bicyclic) bond motifs is 1. The van der Waals surface area contributed by atoms with E-state index >= 15 is 0 Å². The van der Waals surface area contributed by atoms with Crippen molar-refractivity contribution in [2.75, 3.05) is 13.2 Å². The molecule has 124 valence electrons. The SMILES string of the molecule is CCn1nnc2cc(C(=O)NCCOc3ccccc3F)ccc21. The average Bonchev–Trinajstić information content (AvgIpc) is 3.02. The summed E-state index contributed by atoms with van der Waals surface area (Å²) in [6, 6.07) is 11.4. The lowest BCUT2D eigenvalue weighted by atomic mass is 10.2. The normalized spacial score (nSPS) is 10.8. The second kappa shape index (κ2) is 7.08. The van der Waals surface area contributed by atoms with E-state index in [1.807, 2.05) is 13.0 Å². The van der Waals surface area contributed by atoms with Gasteiger partial charge in [-0.1, -0.05) is 17.3 Å². The number of amides is 1. The molecule has 0 atom stereocenters. The number of ether oxygens (including phenoxy) is 1. The predicted octanol–water partition coefficient (Wildman–Crippen LogP) is 2.40. The minimum atomic E-state index is -0.423. The van der Waals surface area contributed by atoms with Gasteiger partial charge in [-0.2, -0.15) is 0 Å². The van der Waals surface area contributed by atoms with Crippen molar-refractivity contribution < 1.29 is 13.9 Å². The molecule has 1 heterocycles. The van der Waals surface area contributed by atoms with Gasteiger partial charge in [0.15, 0.2) is 11.6 Å². The zero-order chi connectivity index (χ0) is 16.9. The summed E-state index contributed by atoms with van der Waals surface area (Å²) in [4.78, 5) is 12.1. The summed E-state index contributed by atoms with van der Waals surface area (Å²) < 4.78 is 20.5.